The fourth-order valence-corrected chi connectivity index (χ4v) is 1.54. The van der Waals surface area contributed by atoms with E-state index in [4.69, 9.17) is 5.73 Å². The maximum atomic E-state index is 5.53. The van der Waals surface area contributed by atoms with E-state index in [1.54, 1.807) is 0 Å². The number of rotatable bonds is 5. The van der Waals surface area contributed by atoms with Crippen molar-refractivity contribution in [1.82, 2.24) is 9.88 Å². The highest BCUT2D eigenvalue weighted by Gasteiger charge is 2.07. The van der Waals surface area contributed by atoms with Gasteiger partial charge in [0.15, 0.2) is 0 Å². The Hall–Kier alpha value is -0.930. The molecule has 0 radical (unpaired) electrons. The largest absolute Gasteiger partial charge is 0.326 e. The molecule has 1 rings (SSSR count). The Balaban J connectivity index is 2.63. The number of nitrogens with two attached hydrogens (primary N) is 1. The van der Waals surface area contributed by atoms with Gasteiger partial charge in [-0.25, -0.2) is 0 Å². The van der Waals surface area contributed by atoms with Crippen LogP contribution in [0.1, 0.15) is 32.0 Å². The van der Waals surface area contributed by atoms with Gasteiger partial charge < -0.3 is 5.73 Å². The molecule has 84 valence electrons. The molecule has 0 aliphatic carbocycles. The normalized spacial score (nSPS) is 11.3. The van der Waals surface area contributed by atoms with Gasteiger partial charge in [0, 0.05) is 25.3 Å². The van der Waals surface area contributed by atoms with Crippen LogP contribution in [0.25, 0.3) is 0 Å². The predicted molar refractivity (Wildman–Crippen MR) is 63.3 cm³/mol. The molecule has 1 heterocycles. The Labute approximate surface area is 92.3 Å². The van der Waals surface area contributed by atoms with Gasteiger partial charge in [-0.15, -0.1) is 0 Å². The van der Waals surface area contributed by atoms with E-state index in [2.05, 4.69) is 42.8 Å². The molecule has 0 aliphatic heterocycles. The summed E-state index contributed by atoms with van der Waals surface area (Å²) in [7, 11) is 0. The minimum Gasteiger partial charge on any atom is -0.326 e. The summed E-state index contributed by atoms with van der Waals surface area (Å²) in [4.78, 5) is 6.78. The molecule has 0 saturated heterocycles. The quantitative estimate of drug-likeness (QED) is 0.800. The maximum absolute atomic E-state index is 5.53. The Bertz CT molecular complexity index is 279. The molecular formula is C12H21N3. The van der Waals surface area contributed by atoms with Crippen LogP contribution < -0.4 is 5.73 Å². The molecule has 0 unspecified atom stereocenters. The number of pyridine rings is 1. The van der Waals surface area contributed by atoms with Crippen molar-refractivity contribution >= 4 is 0 Å². The zero-order valence-corrected chi connectivity index (χ0v) is 9.90. The lowest BCUT2D eigenvalue weighted by molar-refractivity contribution is 0.222. The molecule has 0 amide bonds. The second-order valence-electron chi connectivity index (χ2n) is 4.02. The van der Waals surface area contributed by atoms with Gasteiger partial charge in [0.05, 0.1) is 5.69 Å². The van der Waals surface area contributed by atoms with Gasteiger partial charge in [-0.3, -0.25) is 9.88 Å². The van der Waals surface area contributed by atoms with Crippen molar-refractivity contribution in [2.75, 3.05) is 6.54 Å². The van der Waals surface area contributed by atoms with E-state index in [0.29, 0.717) is 12.6 Å². The van der Waals surface area contributed by atoms with Gasteiger partial charge in [0.2, 0.25) is 0 Å². The summed E-state index contributed by atoms with van der Waals surface area (Å²) in [5, 5.41) is 0. The average Bonchev–Trinajstić information content (AvgIpc) is 2.26. The molecule has 0 saturated carbocycles. The van der Waals surface area contributed by atoms with Crippen LogP contribution >= 0.6 is 0 Å². The minimum absolute atomic E-state index is 0.561. The Morgan fingerprint density at radius 1 is 1.40 bits per heavy atom. The third kappa shape index (κ3) is 3.61. The van der Waals surface area contributed by atoms with Gasteiger partial charge in [-0.05, 0) is 32.0 Å². The second kappa shape index (κ2) is 5.83. The van der Waals surface area contributed by atoms with E-state index >= 15 is 0 Å². The van der Waals surface area contributed by atoms with Gasteiger partial charge in [0.25, 0.3) is 0 Å². The monoisotopic (exact) mass is 207 g/mol. The van der Waals surface area contributed by atoms with E-state index in [1.165, 1.54) is 0 Å². The van der Waals surface area contributed by atoms with E-state index in [1.807, 2.05) is 6.20 Å². The second-order valence-corrected chi connectivity index (χ2v) is 4.02. The topological polar surface area (TPSA) is 42.1 Å². The van der Waals surface area contributed by atoms with Crippen molar-refractivity contribution in [3.8, 4) is 0 Å². The summed E-state index contributed by atoms with van der Waals surface area (Å²) < 4.78 is 0. The minimum atomic E-state index is 0.561. The number of aromatic nitrogens is 1. The van der Waals surface area contributed by atoms with Crippen LogP contribution in [0.3, 0.4) is 0 Å². The van der Waals surface area contributed by atoms with Crippen LogP contribution in [0.5, 0.6) is 0 Å². The first-order chi connectivity index (χ1) is 7.17. The number of nitrogens with zero attached hydrogens (tertiary/aromatic N) is 2. The summed E-state index contributed by atoms with van der Waals surface area (Å²) in [5.74, 6) is 0. The zero-order chi connectivity index (χ0) is 11.3. The first-order valence-electron chi connectivity index (χ1n) is 5.55. The Kier molecular flexibility index (Phi) is 4.72. The first-order valence-corrected chi connectivity index (χ1v) is 5.55. The van der Waals surface area contributed by atoms with Crippen molar-refractivity contribution in [3.63, 3.8) is 0 Å². The van der Waals surface area contributed by atoms with E-state index in [-0.39, 0.29) is 0 Å². The molecular weight excluding hydrogens is 186 g/mol. The van der Waals surface area contributed by atoms with Crippen LogP contribution in [0, 0.1) is 0 Å². The fourth-order valence-electron chi connectivity index (χ4n) is 1.54. The highest BCUT2D eigenvalue weighted by molar-refractivity contribution is 5.13. The lowest BCUT2D eigenvalue weighted by Gasteiger charge is -2.24. The number of hydrogen-bond donors (Lipinski definition) is 1. The van der Waals surface area contributed by atoms with E-state index < -0.39 is 0 Å². The fraction of sp³-hybridized carbons (Fsp3) is 0.583. The molecule has 2 N–H and O–H groups in total. The van der Waals surface area contributed by atoms with Crippen molar-refractivity contribution in [1.29, 1.82) is 0 Å². The summed E-state index contributed by atoms with van der Waals surface area (Å²) in [6.45, 7) is 9.12. The predicted octanol–water partition coefficient (Wildman–Crippen LogP) is 1.77. The highest BCUT2D eigenvalue weighted by Crippen LogP contribution is 2.06. The van der Waals surface area contributed by atoms with Gasteiger partial charge >= 0.3 is 0 Å². The Morgan fingerprint density at radius 3 is 2.53 bits per heavy atom. The molecule has 15 heavy (non-hydrogen) atoms. The molecule has 0 aliphatic rings. The van der Waals surface area contributed by atoms with E-state index in [0.717, 1.165) is 24.3 Å². The average molecular weight is 207 g/mol. The highest BCUT2D eigenvalue weighted by atomic mass is 15.1. The maximum Gasteiger partial charge on any atom is 0.0544 e. The molecule has 0 aromatic carbocycles. The summed E-state index contributed by atoms with van der Waals surface area (Å²) in [6.07, 6.45) is 1.86. The lowest BCUT2D eigenvalue weighted by Crippen LogP contribution is -2.30. The van der Waals surface area contributed by atoms with Gasteiger partial charge in [-0.1, -0.05) is 13.0 Å². The summed E-state index contributed by atoms with van der Waals surface area (Å²) in [5.41, 5.74) is 7.73. The lowest BCUT2D eigenvalue weighted by atomic mass is 10.2. The van der Waals surface area contributed by atoms with Crippen molar-refractivity contribution in [3.05, 3.63) is 29.6 Å². The summed E-state index contributed by atoms with van der Waals surface area (Å²) >= 11 is 0. The molecule has 1 aromatic rings. The third-order valence-corrected chi connectivity index (χ3v) is 2.62. The van der Waals surface area contributed by atoms with Crippen LogP contribution in [0.15, 0.2) is 18.3 Å². The first kappa shape index (κ1) is 12.1. The van der Waals surface area contributed by atoms with Crippen molar-refractivity contribution in [2.24, 2.45) is 5.73 Å². The van der Waals surface area contributed by atoms with Gasteiger partial charge in [-0.2, -0.15) is 0 Å². The van der Waals surface area contributed by atoms with Crippen LogP contribution in [0.2, 0.25) is 0 Å². The SMILES string of the molecule is CCN(Cc1ccc(CN)cn1)C(C)C. The molecule has 0 spiro atoms. The zero-order valence-electron chi connectivity index (χ0n) is 9.90. The van der Waals surface area contributed by atoms with E-state index in [9.17, 15) is 0 Å². The van der Waals surface area contributed by atoms with Crippen LogP contribution in [-0.2, 0) is 13.1 Å². The van der Waals surface area contributed by atoms with Crippen molar-refractivity contribution in [2.45, 2.75) is 39.9 Å². The molecule has 0 bridgehead atoms. The standard InChI is InChI=1S/C12H21N3/c1-4-15(10(2)3)9-12-6-5-11(7-13)8-14-12/h5-6,8,10H,4,7,9,13H2,1-3H3. The van der Waals surface area contributed by atoms with Crippen molar-refractivity contribution < 1.29 is 0 Å². The number of hydrogen-bond acceptors (Lipinski definition) is 3. The molecule has 3 nitrogen and oxygen atoms in total. The molecule has 0 fully saturated rings. The van der Waals surface area contributed by atoms with Gasteiger partial charge in [0.1, 0.15) is 0 Å². The van der Waals surface area contributed by atoms with Crippen LogP contribution in [-0.4, -0.2) is 22.5 Å². The smallest absolute Gasteiger partial charge is 0.0544 e. The Morgan fingerprint density at radius 2 is 2.13 bits per heavy atom. The molecule has 0 atom stereocenters. The third-order valence-electron chi connectivity index (χ3n) is 2.62. The molecule has 1 aromatic heterocycles. The van der Waals surface area contributed by atoms with Crippen LogP contribution in [0.4, 0.5) is 0 Å². The summed E-state index contributed by atoms with van der Waals surface area (Å²) in [6, 6.07) is 4.68. The molecule has 3 heteroatoms.